The largest absolute Gasteiger partial charge is 0.484 e. The molecule has 126 valence electrons. The fourth-order valence-corrected chi connectivity index (χ4v) is 2.99. The van der Waals surface area contributed by atoms with Crippen molar-refractivity contribution in [1.29, 1.82) is 0 Å². The molecule has 0 spiro atoms. The summed E-state index contributed by atoms with van der Waals surface area (Å²) in [6.45, 7) is 4.10. The number of nitrogens with one attached hydrogen (secondary N) is 1. The normalized spacial score (nSPS) is 10.9. The smallest absolute Gasteiger partial charge is 0.264 e. The first-order chi connectivity index (χ1) is 11.7. The zero-order valence-corrected chi connectivity index (χ0v) is 14.5. The molecule has 0 fully saturated rings. The summed E-state index contributed by atoms with van der Waals surface area (Å²) in [4.78, 5) is 12.7. The summed E-state index contributed by atoms with van der Waals surface area (Å²) >= 11 is 1.29. The topological polar surface area (TPSA) is 81.4 Å². The van der Waals surface area contributed by atoms with Gasteiger partial charge in [-0.1, -0.05) is 37.3 Å². The molecule has 2 heterocycles. The van der Waals surface area contributed by atoms with Crippen molar-refractivity contribution in [3.05, 3.63) is 35.7 Å². The highest BCUT2D eigenvalue weighted by Gasteiger charge is 2.13. The van der Waals surface area contributed by atoms with E-state index in [0.717, 1.165) is 25.1 Å². The number of anilines is 1. The average Bonchev–Trinajstić information content (AvgIpc) is 3.15. The van der Waals surface area contributed by atoms with Crippen molar-refractivity contribution < 1.29 is 9.53 Å². The molecule has 0 bridgehead atoms. The number of aromatic nitrogens is 4. The highest BCUT2D eigenvalue weighted by atomic mass is 32.1. The van der Waals surface area contributed by atoms with Crippen LogP contribution in [0.25, 0.3) is 4.96 Å². The van der Waals surface area contributed by atoms with E-state index in [9.17, 15) is 4.79 Å². The lowest BCUT2D eigenvalue weighted by Gasteiger charge is -2.06. The molecule has 0 aliphatic heterocycles. The van der Waals surface area contributed by atoms with Crippen LogP contribution in [0.2, 0.25) is 0 Å². The fourth-order valence-electron chi connectivity index (χ4n) is 2.21. The molecule has 7 nitrogen and oxygen atoms in total. The van der Waals surface area contributed by atoms with Crippen LogP contribution >= 0.6 is 11.3 Å². The first-order valence-corrected chi connectivity index (χ1v) is 8.74. The molecule has 0 radical (unpaired) electrons. The van der Waals surface area contributed by atoms with Crippen molar-refractivity contribution in [2.45, 2.75) is 33.1 Å². The second-order valence-corrected chi connectivity index (χ2v) is 6.26. The third-order valence-electron chi connectivity index (χ3n) is 3.48. The summed E-state index contributed by atoms with van der Waals surface area (Å²) in [6, 6.07) is 7.72. The minimum absolute atomic E-state index is 0.0621. The highest BCUT2D eigenvalue weighted by molar-refractivity contribution is 7.20. The van der Waals surface area contributed by atoms with Gasteiger partial charge in [-0.15, -0.1) is 15.3 Å². The minimum Gasteiger partial charge on any atom is -0.484 e. The van der Waals surface area contributed by atoms with Gasteiger partial charge in [0.1, 0.15) is 5.75 Å². The predicted molar refractivity (Wildman–Crippen MR) is 92.6 cm³/mol. The molecule has 0 saturated heterocycles. The molecule has 1 aromatic carbocycles. The van der Waals surface area contributed by atoms with E-state index in [1.807, 2.05) is 24.3 Å². The monoisotopic (exact) mass is 345 g/mol. The van der Waals surface area contributed by atoms with Gasteiger partial charge in [0.25, 0.3) is 5.91 Å². The standard InChI is InChI=1S/C16H19N5O2S/c1-3-5-13-18-19-16-21(13)20-15(24-16)17-14(22)10-23-12-8-6-11(4-2)7-9-12/h6-9H,3-5,10H2,1-2H3,(H,17,20,22). The molecule has 2 aromatic heterocycles. The first kappa shape index (κ1) is 16.4. The van der Waals surface area contributed by atoms with E-state index in [-0.39, 0.29) is 12.5 Å². The number of fused-ring (bicyclic) bond motifs is 1. The predicted octanol–water partition coefficient (Wildman–Crippen LogP) is 2.72. The molecule has 0 aliphatic carbocycles. The number of aryl methyl sites for hydroxylation is 2. The van der Waals surface area contributed by atoms with Crippen LogP contribution < -0.4 is 10.1 Å². The maximum atomic E-state index is 12.0. The molecule has 0 unspecified atom stereocenters. The first-order valence-electron chi connectivity index (χ1n) is 7.92. The van der Waals surface area contributed by atoms with Crippen molar-refractivity contribution in [3.63, 3.8) is 0 Å². The van der Waals surface area contributed by atoms with Crippen molar-refractivity contribution >= 4 is 27.3 Å². The van der Waals surface area contributed by atoms with Gasteiger partial charge in [-0.25, -0.2) is 0 Å². The van der Waals surface area contributed by atoms with Crippen molar-refractivity contribution in [1.82, 2.24) is 19.8 Å². The number of amides is 1. The molecule has 24 heavy (non-hydrogen) atoms. The van der Waals surface area contributed by atoms with Gasteiger partial charge in [-0.05, 0) is 30.5 Å². The molecule has 0 saturated carbocycles. The molecule has 1 N–H and O–H groups in total. The van der Waals surface area contributed by atoms with Crippen LogP contribution in [0.5, 0.6) is 5.75 Å². The number of hydrogen-bond donors (Lipinski definition) is 1. The Bertz CT molecular complexity index is 825. The Kier molecular flexibility index (Phi) is 5.05. The van der Waals surface area contributed by atoms with Crippen molar-refractivity contribution in [3.8, 4) is 5.75 Å². The summed E-state index contributed by atoms with van der Waals surface area (Å²) < 4.78 is 7.16. The van der Waals surface area contributed by atoms with Gasteiger partial charge < -0.3 is 4.74 Å². The van der Waals surface area contributed by atoms with Crippen LogP contribution in [0.4, 0.5) is 5.13 Å². The average molecular weight is 345 g/mol. The van der Waals surface area contributed by atoms with Gasteiger partial charge in [-0.2, -0.15) is 4.52 Å². The van der Waals surface area contributed by atoms with E-state index in [1.165, 1.54) is 16.9 Å². The Balaban J connectivity index is 1.58. The number of benzene rings is 1. The number of ether oxygens (including phenoxy) is 1. The molecule has 3 rings (SSSR count). The van der Waals surface area contributed by atoms with Crippen LogP contribution in [0.3, 0.4) is 0 Å². The highest BCUT2D eigenvalue weighted by Crippen LogP contribution is 2.19. The van der Waals surface area contributed by atoms with Gasteiger partial charge in [0.05, 0.1) is 0 Å². The van der Waals surface area contributed by atoms with Crippen molar-refractivity contribution in [2.75, 3.05) is 11.9 Å². The second-order valence-electron chi connectivity index (χ2n) is 5.30. The lowest BCUT2D eigenvalue weighted by molar-refractivity contribution is -0.118. The van der Waals surface area contributed by atoms with Gasteiger partial charge in [-0.3, -0.25) is 10.1 Å². The maximum absolute atomic E-state index is 12.0. The number of carbonyl (C=O) groups is 1. The number of carbonyl (C=O) groups excluding carboxylic acids is 1. The Morgan fingerprint density at radius 1 is 1.25 bits per heavy atom. The van der Waals surface area contributed by atoms with Crippen LogP contribution in [-0.4, -0.2) is 32.3 Å². The Morgan fingerprint density at radius 3 is 2.75 bits per heavy atom. The van der Waals surface area contributed by atoms with E-state index in [1.54, 1.807) is 4.52 Å². The van der Waals surface area contributed by atoms with E-state index < -0.39 is 0 Å². The summed E-state index contributed by atoms with van der Waals surface area (Å²) in [7, 11) is 0. The third kappa shape index (κ3) is 3.70. The van der Waals surface area contributed by atoms with E-state index in [4.69, 9.17) is 4.74 Å². The van der Waals surface area contributed by atoms with Crippen molar-refractivity contribution in [2.24, 2.45) is 0 Å². The molecular formula is C16H19N5O2S. The summed E-state index contributed by atoms with van der Waals surface area (Å²) in [5, 5.41) is 15.7. The third-order valence-corrected chi connectivity index (χ3v) is 4.29. The van der Waals surface area contributed by atoms with Crippen LogP contribution in [0.1, 0.15) is 31.7 Å². The lowest BCUT2D eigenvalue weighted by Crippen LogP contribution is -2.20. The van der Waals surface area contributed by atoms with E-state index in [0.29, 0.717) is 15.8 Å². The van der Waals surface area contributed by atoms with Gasteiger partial charge in [0, 0.05) is 6.42 Å². The van der Waals surface area contributed by atoms with Gasteiger partial charge in [0.2, 0.25) is 10.1 Å². The molecule has 8 heteroatoms. The van der Waals surface area contributed by atoms with E-state index in [2.05, 4.69) is 34.5 Å². The van der Waals surface area contributed by atoms with Crippen LogP contribution in [0, 0.1) is 0 Å². The van der Waals surface area contributed by atoms with Crippen LogP contribution in [0.15, 0.2) is 24.3 Å². The van der Waals surface area contributed by atoms with Gasteiger partial charge in [0.15, 0.2) is 12.4 Å². The number of nitrogens with zero attached hydrogens (tertiary/aromatic N) is 4. The Hall–Kier alpha value is -2.48. The van der Waals surface area contributed by atoms with Gasteiger partial charge >= 0.3 is 0 Å². The zero-order valence-electron chi connectivity index (χ0n) is 13.7. The Morgan fingerprint density at radius 2 is 2.04 bits per heavy atom. The Labute approximate surface area is 143 Å². The number of hydrogen-bond acceptors (Lipinski definition) is 6. The minimum atomic E-state index is -0.253. The lowest BCUT2D eigenvalue weighted by atomic mass is 10.2. The zero-order chi connectivity index (χ0) is 16.9. The molecule has 0 aliphatic rings. The fraction of sp³-hybridized carbons (Fsp3) is 0.375. The second kappa shape index (κ2) is 7.39. The molecule has 0 atom stereocenters. The summed E-state index contributed by atoms with van der Waals surface area (Å²) in [5.41, 5.74) is 1.23. The quantitative estimate of drug-likeness (QED) is 0.712. The summed E-state index contributed by atoms with van der Waals surface area (Å²) in [5.74, 6) is 1.22. The maximum Gasteiger partial charge on any atom is 0.264 e. The SMILES string of the molecule is CCCc1nnc2sc(NC(=O)COc3ccc(CC)cc3)nn12. The number of rotatable bonds is 7. The molecular weight excluding hydrogens is 326 g/mol. The van der Waals surface area contributed by atoms with E-state index >= 15 is 0 Å². The van der Waals surface area contributed by atoms with Crippen LogP contribution in [-0.2, 0) is 17.6 Å². The summed E-state index contributed by atoms with van der Waals surface area (Å²) in [6.07, 6.45) is 2.74. The molecule has 1 amide bonds. The molecule has 3 aromatic rings.